The quantitative estimate of drug-likeness (QED) is 0.601. The van der Waals surface area contributed by atoms with Crippen molar-refractivity contribution in [1.82, 2.24) is 4.98 Å². The molecule has 0 radical (unpaired) electrons. The van der Waals surface area contributed by atoms with Crippen LogP contribution in [0.2, 0.25) is 0 Å². The smallest absolute Gasteiger partial charge is 0.262 e. The monoisotopic (exact) mass is 433 g/mol. The number of nitrogens with zero attached hydrogens (tertiary/aromatic N) is 1. The highest BCUT2D eigenvalue weighted by atomic mass is 32.2. The van der Waals surface area contributed by atoms with Crippen molar-refractivity contribution in [1.29, 1.82) is 0 Å². The number of nitrogens with one attached hydrogen (secondary N) is 2. The van der Waals surface area contributed by atoms with Crippen molar-refractivity contribution in [2.45, 2.75) is 39.0 Å². The number of hydrogen-bond donors (Lipinski definition) is 2. The van der Waals surface area contributed by atoms with Crippen LogP contribution in [0.4, 0.5) is 10.8 Å². The zero-order valence-corrected chi connectivity index (χ0v) is 18.5. The van der Waals surface area contributed by atoms with Gasteiger partial charge in [-0.1, -0.05) is 36.0 Å². The molecular weight excluding hydrogens is 410 g/mol. The fourth-order valence-electron chi connectivity index (χ4n) is 3.27. The average molecular weight is 434 g/mol. The highest BCUT2D eigenvalue weighted by Gasteiger charge is 2.21. The number of hydrogen-bond acceptors (Lipinski definition) is 6. The highest BCUT2D eigenvalue weighted by Crippen LogP contribution is 2.36. The Kier molecular flexibility index (Phi) is 5.81. The number of ether oxygens (including phenoxy) is 1. The summed E-state index contributed by atoms with van der Waals surface area (Å²) in [5.74, 6) is 0.278. The number of aromatic nitrogens is 1. The van der Waals surface area contributed by atoms with Gasteiger partial charge < -0.3 is 10.1 Å². The number of aryl methyl sites for hydroxylation is 3. The van der Waals surface area contributed by atoms with E-state index >= 15 is 0 Å². The van der Waals surface area contributed by atoms with Crippen molar-refractivity contribution in [2.75, 3.05) is 17.1 Å². The molecule has 1 amide bonds. The van der Waals surface area contributed by atoms with Crippen LogP contribution in [0.1, 0.15) is 30.0 Å². The number of rotatable bonds is 6. The van der Waals surface area contributed by atoms with Crippen LogP contribution in [0.15, 0.2) is 29.2 Å². The molecule has 1 heterocycles. The van der Waals surface area contributed by atoms with Gasteiger partial charge in [-0.25, -0.2) is 13.4 Å². The second-order valence-electron chi connectivity index (χ2n) is 6.78. The van der Waals surface area contributed by atoms with Crippen LogP contribution < -0.4 is 14.8 Å². The van der Waals surface area contributed by atoms with Gasteiger partial charge in [-0.05, 0) is 38.0 Å². The van der Waals surface area contributed by atoms with Gasteiger partial charge in [-0.3, -0.25) is 9.52 Å². The fourth-order valence-corrected chi connectivity index (χ4v) is 5.71. The molecule has 0 aliphatic carbocycles. The standard InChI is InChI=1S/C20H23N3O4S2/c1-6-17(24)21-20-22-18-15(27-5)9-14(10-16(18)28-20)23-29(25,26)19-12(3)7-11(2)8-13(19)4/h7-10,23H,6H2,1-5H3,(H,21,22,24). The summed E-state index contributed by atoms with van der Waals surface area (Å²) in [6, 6.07) is 6.96. The largest absolute Gasteiger partial charge is 0.494 e. The Labute approximate surface area is 174 Å². The number of amides is 1. The van der Waals surface area contributed by atoms with E-state index in [-0.39, 0.29) is 10.8 Å². The van der Waals surface area contributed by atoms with Gasteiger partial charge in [0.15, 0.2) is 5.13 Å². The molecule has 1 aromatic heterocycles. The Morgan fingerprint density at radius 1 is 1.14 bits per heavy atom. The van der Waals surface area contributed by atoms with Crippen molar-refractivity contribution in [3.8, 4) is 5.75 Å². The van der Waals surface area contributed by atoms with Crippen LogP contribution in [-0.2, 0) is 14.8 Å². The summed E-state index contributed by atoms with van der Waals surface area (Å²) < 4.78 is 34.9. The van der Waals surface area contributed by atoms with E-state index in [1.165, 1.54) is 18.4 Å². The molecule has 7 nitrogen and oxygen atoms in total. The molecule has 0 aliphatic rings. The minimum absolute atomic E-state index is 0.144. The van der Waals surface area contributed by atoms with Crippen LogP contribution in [-0.4, -0.2) is 26.4 Å². The van der Waals surface area contributed by atoms with Crippen molar-refractivity contribution in [3.05, 3.63) is 41.0 Å². The SMILES string of the molecule is CCC(=O)Nc1nc2c(OC)cc(NS(=O)(=O)c3c(C)cc(C)cc3C)cc2s1. The second kappa shape index (κ2) is 8.00. The third-order valence-corrected chi connectivity index (χ3v) is 6.98. The molecule has 2 aromatic carbocycles. The van der Waals surface area contributed by atoms with Crippen molar-refractivity contribution in [2.24, 2.45) is 0 Å². The minimum atomic E-state index is -3.79. The first-order chi connectivity index (χ1) is 13.6. The summed E-state index contributed by atoms with van der Waals surface area (Å²) in [5.41, 5.74) is 3.31. The van der Waals surface area contributed by atoms with Crippen molar-refractivity contribution in [3.63, 3.8) is 0 Å². The predicted octanol–water partition coefficient (Wildman–Crippen LogP) is 4.38. The zero-order chi connectivity index (χ0) is 21.3. The number of anilines is 2. The number of methoxy groups -OCH3 is 1. The summed E-state index contributed by atoms with van der Waals surface area (Å²) >= 11 is 1.26. The molecule has 0 unspecified atom stereocenters. The molecule has 0 saturated heterocycles. The van der Waals surface area contributed by atoms with E-state index in [2.05, 4.69) is 15.0 Å². The Morgan fingerprint density at radius 3 is 2.38 bits per heavy atom. The highest BCUT2D eigenvalue weighted by molar-refractivity contribution is 7.92. The van der Waals surface area contributed by atoms with E-state index < -0.39 is 10.0 Å². The Balaban J connectivity index is 2.03. The molecule has 0 atom stereocenters. The lowest BCUT2D eigenvalue weighted by molar-refractivity contribution is -0.115. The van der Waals surface area contributed by atoms with Gasteiger partial charge >= 0.3 is 0 Å². The summed E-state index contributed by atoms with van der Waals surface area (Å²) in [6.45, 7) is 7.25. The van der Waals surface area contributed by atoms with Gasteiger partial charge in [0, 0.05) is 12.5 Å². The van der Waals surface area contributed by atoms with Crippen molar-refractivity contribution < 1.29 is 17.9 Å². The van der Waals surface area contributed by atoms with E-state index in [1.54, 1.807) is 32.9 Å². The van der Waals surface area contributed by atoms with Gasteiger partial charge in [0.1, 0.15) is 11.3 Å². The lowest BCUT2D eigenvalue weighted by Gasteiger charge is -2.14. The molecule has 154 valence electrons. The molecule has 0 fully saturated rings. The van der Waals surface area contributed by atoms with Gasteiger partial charge in [-0.15, -0.1) is 0 Å². The second-order valence-corrected chi connectivity index (χ2v) is 9.43. The van der Waals surface area contributed by atoms with E-state index in [0.717, 1.165) is 5.56 Å². The molecule has 3 rings (SSSR count). The summed E-state index contributed by atoms with van der Waals surface area (Å²) in [4.78, 5) is 16.3. The number of sulfonamides is 1. The van der Waals surface area contributed by atoms with Crippen molar-refractivity contribution >= 4 is 48.3 Å². The summed E-state index contributed by atoms with van der Waals surface area (Å²) in [6.07, 6.45) is 0.341. The number of thiazole rings is 1. The predicted molar refractivity (Wildman–Crippen MR) is 117 cm³/mol. The van der Waals surface area contributed by atoms with Gasteiger partial charge in [0.25, 0.3) is 10.0 Å². The fraction of sp³-hybridized carbons (Fsp3) is 0.300. The maximum atomic E-state index is 13.1. The zero-order valence-electron chi connectivity index (χ0n) is 16.9. The van der Waals surface area contributed by atoms with Gasteiger partial charge in [0.2, 0.25) is 5.91 Å². The van der Waals surface area contributed by atoms with E-state index in [1.807, 2.05) is 19.1 Å². The first-order valence-electron chi connectivity index (χ1n) is 9.03. The van der Waals surface area contributed by atoms with E-state index in [4.69, 9.17) is 4.74 Å². The third kappa shape index (κ3) is 4.35. The maximum absolute atomic E-state index is 13.1. The normalized spacial score (nSPS) is 11.5. The van der Waals surface area contributed by atoms with Gasteiger partial charge in [0.05, 0.1) is 22.4 Å². The molecule has 0 spiro atoms. The molecule has 9 heteroatoms. The average Bonchev–Trinajstić information content (AvgIpc) is 3.01. The van der Waals surface area contributed by atoms with E-state index in [9.17, 15) is 13.2 Å². The number of fused-ring (bicyclic) bond motifs is 1. The third-order valence-electron chi connectivity index (χ3n) is 4.37. The first kappa shape index (κ1) is 21.1. The molecular formula is C20H23N3O4S2. The van der Waals surface area contributed by atoms with Gasteiger partial charge in [-0.2, -0.15) is 0 Å². The molecule has 0 bridgehead atoms. The molecule has 0 aliphatic heterocycles. The van der Waals surface area contributed by atoms with Crippen LogP contribution in [0.25, 0.3) is 10.2 Å². The Bertz CT molecular complexity index is 1180. The van der Waals surface area contributed by atoms with Crippen LogP contribution >= 0.6 is 11.3 Å². The molecule has 3 aromatic rings. The number of carbonyl (C=O) groups is 1. The lowest BCUT2D eigenvalue weighted by atomic mass is 10.1. The number of carbonyl (C=O) groups excluding carboxylic acids is 1. The topological polar surface area (TPSA) is 97.4 Å². The first-order valence-corrected chi connectivity index (χ1v) is 11.3. The molecule has 0 saturated carbocycles. The van der Waals surface area contributed by atoms with Crippen LogP contribution in [0, 0.1) is 20.8 Å². The number of benzene rings is 2. The van der Waals surface area contributed by atoms with Crippen LogP contribution in [0.5, 0.6) is 5.75 Å². The minimum Gasteiger partial charge on any atom is -0.494 e. The van der Waals surface area contributed by atoms with Crippen LogP contribution in [0.3, 0.4) is 0 Å². The van der Waals surface area contributed by atoms with E-state index in [0.29, 0.717) is 44.3 Å². The summed E-state index contributed by atoms with van der Waals surface area (Å²) in [7, 11) is -2.30. The Hall–Kier alpha value is -2.65. The summed E-state index contributed by atoms with van der Waals surface area (Å²) in [5, 5.41) is 3.16. The lowest BCUT2D eigenvalue weighted by Crippen LogP contribution is -2.16. The Morgan fingerprint density at radius 2 is 1.79 bits per heavy atom. The maximum Gasteiger partial charge on any atom is 0.262 e. The molecule has 2 N–H and O–H groups in total. The molecule has 29 heavy (non-hydrogen) atoms.